The van der Waals surface area contributed by atoms with Crippen LogP contribution in [0.5, 0.6) is 0 Å². The number of rotatable bonds is 2. The fourth-order valence-electron chi connectivity index (χ4n) is 2.13. The molecular weight excluding hydrogens is 266 g/mol. The van der Waals surface area contributed by atoms with E-state index in [1.165, 1.54) is 0 Å². The van der Waals surface area contributed by atoms with Crippen molar-refractivity contribution in [2.75, 3.05) is 11.4 Å². The Morgan fingerprint density at radius 2 is 2.16 bits per heavy atom. The van der Waals surface area contributed by atoms with Crippen LogP contribution in [0, 0.1) is 6.92 Å². The molecule has 3 rings (SSSR count). The summed E-state index contributed by atoms with van der Waals surface area (Å²) in [4.78, 5) is 18.0. The first-order chi connectivity index (χ1) is 9.15. The van der Waals surface area contributed by atoms with Gasteiger partial charge in [0.25, 0.3) is 5.56 Å². The summed E-state index contributed by atoms with van der Waals surface area (Å²) in [6.07, 6.45) is 1.73. The molecule has 2 aromatic rings. The predicted octanol–water partition coefficient (Wildman–Crippen LogP) is 1.02. The Labute approximate surface area is 114 Å². The first kappa shape index (κ1) is 12.1. The number of hydrogen-bond donors (Lipinski definition) is 0. The van der Waals surface area contributed by atoms with Gasteiger partial charge in [-0.05, 0) is 18.6 Å². The highest BCUT2D eigenvalue weighted by atomic mass is 35.5. The molecule has 19 heavy (non-hydrogen) atoms. The third-order valence-electron chi connectivity index (χ3n) is 3.12. The Balaban J connectivity index is 1.89. The molecule has 6 nitrogen and oxygen atoms in total. The second kappa shape index (κ2) is 4.62. The van der Waals surface area contributed by atoms with E-state index in [1.54, 1.807) is 23.8 Å². The standard InChI is InChI=1S/C12H12ClN5O/c1-8-11(19)18-5-4-17(12(18)16-15-8)7-9-2-3-10(13)14-6-9/h2-3,6H,4-5,7H2,1H3. The van der Waals surface area contributed by atoms with Gasteiger partial charge in [0.05, 0.1) is 0 Å². The van der Waals surface area contributed by atoms with Crippen molar-refractivity contribution in [2.24, 2.45) is 0 Å². The zero-order chi connectivity index (χ0) is 13.4. The van der Waals surface area contributed by atoms with E-state index < -0.39 is 0 Å². The van der Waals surface area contributed by atoms with Crippen LogP contribution in [0.25, 0.3) is 0 Å². The lowest BCUT2D eigenvalue weighted by molar-refractivity contribution is 0.723. The monoisotopic (exact) mass is 277 g/mol. The van der Waals surface area contributed by atoms with Gasteiger partial charge in [-0.2, -0.15) is 0 Å². The summed E-state index contributed by atoms with van der Waals surface area (Å²) in [6, 6.07) is 3.67. The lowest BCUT2D eigenvalue weighted by Gasteiger charge is -2.16. The number of aromatic nitrogens is 4. The molecule has 1 aliphatic heterocycles. The zero-order valence-electron chi connectivity index (χ0n) is 10.4. The van der Waals surface area contributed by atoms with Crippen molar-refractivity contribution in [3.05, 3.63) is 45.1 Å². The molecule has 7 heteroatoms. The first-order valence-corrected chi connectivity index (χ1v) is 6.32. The minimum Gasteiger partial charge on any atom is -0.335 e. The van der Waals surface area contributed by atoms with Crippen LogP contribution in [-0.4, -0.2) is 26.3 Å². The number of nitrogens with zero attached hydrogens (tertiary/aromatic N) is 5. The van der Waals surface area contributed by atoms with Crippen molar-refractivity contribution in [1.29, 1.82) is 0 Å². The minimum absolute atomic E-state index is 0.0678. The number of anilines is 1. The largest absolute Gasteiger partial charge is 0.335 e. The summed E-state index contributed by atoms with van der Waals surface area (Å²) < 4.78 is 1.66. The number of fused-ring (bicyclic) bond motifs is 1. The summed E-state index contributed by atoms with van der Waals surface area (Å²) in [6.45, 7) is 3.71. The predicted molar refractivity (Wildman–Crippen MR) is 71.3 cm³/mol. The van der Waals surface area contributed by atoms with Gasteiger partial charge in [-0.15, -0.1) is 10.2 Å². The summed E-state index contributed by atoms with van der Waals surface area (Å²) >= 11 is 5.76. The molecule has 2 aromatic heterocycles. The highest BCUT2D eigenvalue weighted by Crippen LogP contribution is 2.18. The summed E-state index contributed by atoms with van der Waals surface area (Å²) in [5.41, 5.74) is 1.38. The number of hydrogen-bond acceptors (Lipinski definition) is 5. The maximum atomic E-state index is 11.9. The van der Waals surface area contributed by atoms with E-state index in [-0.39, 0.29) is 5.56 Å². The summed E-state index contributed by atoms with van der Waals surface area (Å²) in [5.74, 6) is 0.616. The molecule has 0 spiro atoms. The highest BCUT2D eigenvalue weighted by molar-refractivity contribution is 6.29. The van der Waals surface area contributed by atoms with Crippen molar-refractivity contribution in [2.45, 2.75) is 20.0 Å². The number of halogens is 1. The molecule has 0 aromatic carbocycles. The molecule has 0 radical (unpaired) electrons. The molecule has 98 valence electrons. The normalized spacial score (nSPS) is 13.7. The summed E-state index contributed by atoms with van der Waals surface area (Å²) in [5, 5.41) is 8.47. The Morgan fingerprint density at radius 3 is 2.89 bits per heavy atom. The van der Waals surface area contributed by atoms with E-state index in [4.69, 9.17) is 11.6 Å². The van der Waals surface area contributed by atoms with Crippen molar-refractivity contribution in [3.63, 3.8) is 0 Å². The van der Waals surface area contributed by atoms with Crippen molar-refractivity contribution in [1.82, 2.24) is 19.7 Å². The number of pyridine rings is 1. The van der Waals surface area contributed by atoms with E-state index in [1.807, 2.05) is 11.0 Å². The van der Waals surface area contributed by atoms with Crippen LogP contribution in [0.2, 0.25) is 5.15 Å². The molecule has 0 amide bonds. The third kappa shape index (κ3) is 2.19. The lowest BCUT2D eigenvalue weighted by Crippen LogP contribution is -2.25. The molecule has 1 aliphatic rings. The van der Waals surface area contributed by atoms with Crippen molar-refractivity contribution in [3.8, 4) is 0 Å². The SMILES string of the molecule is Cc1nnc2n(c1=O)CCN2Cc1ccc(Cl)nc1. The van der Waals surface area contributed by atoms with Crippen LogP contribution in [0.15, 0.2) is 23.1 Å². The summed E-state index contributed by atoms with van der Waals surface area (Å²) in [7, 11) is 0. The van der Waals surface area contributed by atoms with Crippen LogP contribution in [0.1, 0.15) is 11.3 Å². The van der Waals surface area contributed by atoms with Crippen LogP contribution in [0.3, 0.4) is 0 Å². The van der Waals surface area contributed by atoms with Crippen molar-refractivity contribution < 1.29 is 0 Å². The molecule has 3 heterocycles. The average molecular weight is 278 g/mol. The maximum absolute atomic E-state index is 11.9. The molecule has 0 saturated heterocycles. The number of aryl methyl sites for hydroxylation is 1. The molecule has 0 bridgehead atoms. The lowest BCUT2D eigenvalue weighted by atomic mass is 10.3. The fourth-order valence-corrected chi connectivity index (χ4v) is 2.24. The molecule has 0 atom stereocenters. The van der Waals surface area contributed by atoms with Crippen LogP contribution in [-0.2, 0) is 13.1 Å². The molecule has 0 N–H and O–H groups in total. The fraction of sp³-hybridized carbons (Fsp3) is 0.333. The van der Waals surface area contributed by atoms with E-state index in [0.29, 0.717) is 29.9 Å². The first-order valence-electron chi connectivity index (χ1n) is 5.94. The molecule has 0 aliphatic carbocycles. The Morgan fingerprint density at radius 1 is 1.32 bits per heavy atom. The zero-order valence-corrected chi connectivity index (χ0v) is 11.1. The van der Waals surface area contributed by atoms with E-state index in [0.717, 1.165) is 12.1 Å². The van der Waals surface area contributed by atoms with Gasteiger partial charge in [-0.3, -0.25) is 9.36 Å². The topological polar surface area (TPSA) is 63.9 Å². The van der Waals surface area contributed by atoms with Crippen LogP contribution in [0.4, 0.5) is 5.95 Å². The van der Waals surface area contributed by atoms with E-state index in [9.17, 15) is 4.79 Å². The minimum atomic E-state index is -0.0678. The van der Waals surface area contributed by atoms with Gasteiger partial charge in [0.15, 0.2) is 0 Å². The second-order valence-electron chi connectivity index (χ2n) is 4.45. The average Bonchev–Trinajstić information content (AvgIpc) is 2.80. The van der Waals surface area contributed by atoms with Gasteiger partial charge < -0.3 is 4.90 Å². The smallest absolute Gasteiger partial charge is 0.276 e. The van der Waals surface area contributed by atoms with E-state index in [2.05, 4.69) is 15.2 Å². The van der Waals surface area contributed by atoms with Gasteiger partial charge in [-0.1, -0.05) is 17.7 Å². The Bertz CT molecular complexity index is 667. The second-order valence-corrected chi connectivity index (χ2v) is 4.84. The molecule has 0 unspecified atom stereocenters. The third-order valence-corrected chi connectivity index (χ3v) is 3.35. The van der Waals surface area contributed by atoms with Gasteiger partial charge in [0.1, 0.15) is 10.8 Å². The van der Waals surface area contributed by atoms with Gasteiger partial charge in [0.2, 0.25) is 5.95 Å². The molecule has 0 fully saturated rings. The maximum Gasteiger partial charge on any atom is 0.276 e. The Kier molecular flexibility index (Phi) is 2.94. The Hall–Kier alpha value is -1.95. The highest BCUT2D eigenvalue weighted by Gasteiger charge is 2.22. The van der Waals surface area contributed by atoms with Gasteiger partial charge >= 0.3 is 0 Å². The molecular formula is C12H12ClN5O. The quantitative estimate of drug-likeness (QED) is 0.767. The molecule has 0 saturated carbocycles. The van der Waals surface area contributed by atoms with Crippen molar-refractivity contribution >= 4 is 17.5 Å². The van der Waals surface area contributed by atoms with Crippen LogP contribution >= 0.6 is 11.6 Å². The van der Waals surface area contributed by atoms with Crippen LogP contribution < -0.4 is 10.5 Å². The van der Waals surface area contributed by atoms with Gasteiger partial charge in [-0.25, -0.2) is 4.98 Å². The van der Waals surface area contributed by atoms with E-state index >= 15 is 0 Å². The van der Waals surface area contributed by atoms with Gasteiger partial charge in [0, 0.05) is 25.8 Å².